The lowest BCUT2D eigenvalue weighted by molar-refractivity contribution is -0.111. The summed E-state index contributed by atoms with van der Waals surface area (Å²) in [6, 6.07) is 5.34. The molecule has 0 aromatic heterocycles. The summed E-state index contributed by atoms with van der Waals surface area (Å²) in [5.74, 6) is 0. The van der Waals surface area contributed by atoms with E-state index >= 15 is 0 Å². The lowest BCUT2D eigenvalue weighted by Crippen LogP contribution is -2.34. The second-order valence-corrected chi connectivity index (χ2v) is 5.14. The van der Waals surface area contributed by atoms with Crippen LogP contribution in [0.1, 0.15) is 24.8 Å². The summed E-state index contributed by atoms with van der Waals surface area (Å²) in [5.41, 5.74) is 1.73. The highest BCUT2D eigenvalue weighted by atomic mass is 35.5. The van der Waals surface area contributed by atoms with Crippen molar-refractivity contribution in [1.29, 1.82) is 0 Å². The van der Waals surface area contributed by atoms with Crippen molar-refractivity contribution in [2.45, 2.75) is 24.7 Å². The number of allylic oxidation sites excluding steroid dienone is 2. The number of carbonyl (C=O) groups excluding carboxylic acids is 2. The first-order valence-electron chi connectivity index (χ1n) is 5.94. The highest BCUT2D eigenvalue weighted by molar-refractivity contribution is 6.30. The van der Waals surface area contributed by atoms with E-state index < -0.39 is 5.41 Å². The van der Waals surface area contributed by atoms with Gasteiger partial charge >= 0.3 is 0 Å². The summed E-state index contributed by atoms with van der Waals surface area (Å²) in [6.07, 6.45) is 6.30. The molecule has 1 aliphatic heterocycles. The Bertz CT molecular complexity index is 567. The smallest absolute Gasteiger partial charge is 0.218 e. The van der Waals surface area contributed by atoms with Crippen LogP contribution in [0.2, 0.25) is 5.02 Å². The topological polar surface area (TPSA) is 37.4 Å². The van der Waals surface area contributed by atoms with Crippen LogP contribution in [0.3, 0.4) is 0 Å². The molecule has 3 rings (SSSR count). The van der Waals surface area contributed by atoms with Crippen LogP contribution < -0.4 is 4.90 Å². The first-order valence-corrected chi connectivity index (χ1v) is 6.32. The van der Waals surface area contributed by atoms with Gasteiger partial charge in [0.2, 0.25) is 6.41 Å². The van der Waals surface area contributed by atoms with Gasteiger partial charge in [0.15, 0.2) is 0 Å². The fourth-order valence-electron chi connectivity index (χ4n) is 3.02. The van der Waals surface area contributed by atoms with Crippen molar-refractivity contribution in [3.8, 4) is 0 Å². The Morgan fingerprint density at radius 3 is 2.89 bits per heavy atom. The van der Waals surface area contributed by atoms with Crippen LogP contribution in [0, 0.1) is 0 Å². The molecule has 0 bridgehead atoms. The van der Waals surface area contributed by atoms with Crippen LogP contribution in [0.15, 0.2) is 30.0 Å². The number of nitrogens with zero attached hydrogens (tertiary/aromatic N) is 1. The van der Waals surface area contributed by atoms with E-state index in [9.17, 15) is 9.59 Å². The van der Waals surface area contributed by atoms with Gasteiger partial charge in [0.05, 0.1) is 11.1 Å². The predicted octanol–water partition coefficient (Wildman–Crippen LogP) is 2.82. The number of hydrogen-bond donors (Lipinski definition) is 0. The summed E-state index contributed by atoms with van der Waals surface area (Å²) in [7, 11) is 0. The molecule has 92 valence electrons. The van der Waals surface area contributed by atoms with Crippen LogP contribution in [-0.2, 0) is 15.0 Å². The Morgan fingerprint density at radius 2 is 2.17 bits per heavy atom. The zero-order valence-corrected chi connectivity index (χ0v) is 10.5. The molecule has 0 saturated heterocycles. The molecule has 18 heavy (non-hydrogen) atoms. The SMILES string of the molecule is O=CN1C2=CCCCC2(C=O)c2cc(Cl)ccc21. The number of carbonyl (C=O) groups is 2. The molecule has 0 N–H and O–H groups in total. The van der Waals surface area contributed by atoms with Crippen molar-refractivity contribution in [3.63, 3.8) is 0 Å². The largest absolute Gasteiger partial charge is 0.302 e. The molecule has 1 atom stereocenters. The first-order chi connectivity index (χ1) is 8.73. The zero-order valence-electron chi connectivity index (χ0n) is 9.73. The van der Waals surface area contributed by atoms with E-state index in [0.29, 0.717) is 5.02 Å². The molecule has 0 spiro atoms. The average molecular weight is 262 g/mol. The number of amides is 1. The van der Waals surface area contributed by atoms with Gasteiger partial charge < -0.3 is 4.79 Å². The summed E-state index contributed by atoms with van der Waals surface area (Å²) in [6.45, 7) is 0. The molecule has 3 nitrogen and oxygen atoms in total. The van der Waals surface area contributed by atoms with Crippen LogP contribution in [0.4, 0.5) is 5.69 Å². The maximum atomic E-state index is 11.7. The summed E-state index contributed by atoms with van der Waals surface area (Å²) >= 11 is 6.02. The molecule has 1 amide bonds. The van der Waals surface area contributed by atoms with E-state index in [4.69, 9.17) is 11.6 Å². The summed E-state index contributed by atoms with van der Waals surface area (Å²) in [5, 5.41) is 0.590. The number of halogens is 1. The Kier molecular flexibility index (Phi) is 2.52. The minimum atomic E-state index is -0.681. The van der Waals surface area contributed by atoms with Crippen molar-refractivity contribution in [1.82, 2.24) is 0 Å². The number of benzene rings is 1. The number of aldehydes is 1. The monoisotopic (exact) mass is 261 g/mol. The first kappa shape index (κ1) is 11.5. The molecular weight excluding hydrogens is 250 g/mol. The number of fused-ring (bicyclic) bond motifs is 3. The molecule has 4 heteroatoms. The normalized spacial score (nSPS) is 25.2. The van der Waals surface area contributed by atoms with Gasteiger partial charge in [-0.2, -0.15) is 0 Å². The van der Waals surface area contributed by atoms with Crippen molar-refractivity contribution in [3.05, 3.63) is 40.6 Å². The van der Waals surface area contributed by atoms with Gasteiger partial charge in [-0.05, 0) is 43.0 Å². The third-order valence-corrected chi connectivity index (χ3v) is 4.07. The number of rotatable bonds is 2. The average Bonchev–Trinajstić information content (AvgIpc) is 2.69. The molecule has 0 fully saturated rings. The maximum absolute atomic E-state index is 11.7. The third kappa shape index (κ3) is 1.31. The maximum Gasteiger partial charge on any atom is 0.218 e. The van der Waals surface area contributed by atoms with E-state index in [2.05, 4.69) is 0 Å². The van der Waals surface area contributed by atoms with Crippen molar-refractivity contribution < 1.29 is 9.59 Å². The molecule has 1 aliphatic carbocycles. The molecule has 2 aliphatic rings. The minimum absolute atomic E-state index is 0.590. The molecular formula is C14H12ClNO2. The fraction of sp³-hybridized carbons (Fsp3) is 0.286. The highest BCUT2D eigenvalue weighted by Crippen LogP contribution is 2.51. The quantitative estimate of drug-likeness (QED) is 0.768. The van der Waals surface area contributed by atoms with Crippen LogP contribution in [0.5, 0.6) is 0 Å². The van der Waals surface area contributed by atoms with Gasteiger partial charge in [0, 0.05) is 10.7 Å². The second-order valence-electron chi connectivity index (χ2n) is 4.71. The minimum Gasteiger partial charge on any atom is -0.302 e. The zero-order chi connectivity index (χ0) is 12.8. The van der Waals surface area contributed by atoms with Crippen molar-refractivity contribution in [2.75, 3.05) is 4.90 Å². The summed E-state index contributed by atoms with van der Waals surface area (Å²) in [4.78, 5) is 24.5. The lowest BCUT2D eigenvalue weighted by atomic mass is 9.74. The molecule has 1 aromatic carbocycles. The highest BCUT2D eigenvalue weighted by Gasteiger charge is 2.48. The molecule has 1 unspecified atom stereocenters. The van der Waals surface area contributed by atoms with Crippen molar-refractivity contribution >= 4 is 30.0 Å². The summed E-state index contributed by atoms with van der Waals surface area (Å²) < 4.78 is 0. The van der Waals surface area contributed by atoms with E-state index in [1.165, 1.54) is 0 Å². The van der Waals surface area contributed by atoms with Crippen LogP contribution >= 0.6 is 11.6 Å². The molecule has 0 saturated carbocycles. The van der Waals surface area contributed by atoms with Gasteiger partial charge in [-0.1, -0.05) is 17.7 Å². The standard InChI is InChI=1S/C14H12ClNO2/c15-10-4-5-12-11(7-10)14(8-17)6-2-1-3-13(14)16(12)9-18/h3-5,7-9H,1-2,6H2. The molecule has 0 radical (unpaired) electrons. The number of hydrogen-bond acceptors (Lipinski definition) is 2. The Hall–Kier alpha value is -1.61. The predicted molar refractivity (Wildman–Crippen MR) is 69.7 cm³/mol. The Morgan fingerprint density at radius 1 is 1.33 bits per heavy atom. The van der Waals surface area contributed by atoms with Gasteiger partial charge in [-0.15, -0.1) is 0 Å². The number of anilines is 1. The second kappa shape index (κ2) is 3.95. The van der Waals surface area contributed by atoms with Gasteiger partial charge in [-0.25, -0.2) is 0 Å². The fourth-order valence-corrected chi connectivity index (χ4v) is 3.19. The van der Waals surface area contributed by atoms with Gasteiger partial charge in [-0.3, -0.25) is 9.69 Å². The van der Waals surface area contributed by atoms with Crippen molar-refractivity contribution in [2.24, 2.45) is 0 Å². The molecule has 1 aromatic rings. The van der Waals surface area contributed by atoms with Crippen LogP contribution in [-0.4, -0.2) is 12.7 Å². The van der Waals surface area contributed by atoms with E-state index in [1.807, 2.05) is 6.08 Å². The van der Waals surface area contributed by atoms with Gasteiger partial charge in [0.1, 0.15) is 6.29 Å². The van der Waals surface area contributed by atoms with Crippen LogP contribution in [0.25, 0.3) is 0 Å². The Labute approximate surface area is 110 Å². The Balaban J connectivity index is 2.32. The van der Waals surface area contributed by atoms with Gasteiger partial charge in [0.25, 0.3) is 0 Å². The van der Waals surface area contributed by atoms with E-state index in [-0.39, 0.29) is 0 Å². The lowest BCUT2D eigenvalue weighted by Gasteiger charge is -2.29. The van der Waals surface area contributed by atoms with E-state index in [0.717, 1.165) is 48.9 Å². The molecule has 1 heterocycles. The van der Waals surface area contributed by atoms with E-state index in [1.54, 1.807) is 23.1 Å². The third-order valence-electron chi connectivity index (χ3n) is 3.83.